The molecule has 3 N–H and O–H groups in total. The molecule has 0 spiro atoms. The number of ether oxygens (including phenoxy) is 1. The first kappa shape index (κ1) is 12.2. The minimum atomic E-state index is -0.272. The molecule has 0 radical (unpaired) electrons. The van der Waals surface area contributed by atoms with E-state index in [2.05, 4.69) is 5.32 Å². The van der Waals surface area contributed by atoms with Crippen LogP contribution in [0.2, 0.25) is 0 Å². The van der Waals surface area contributed by atoms with E-state index in [-0.39, 0.29) is 5.82 Å². The van der Waals surface area contributed by atoms with Crippen LogP contribution in [0.1, 0.15) is 19.3 Å². The van der Waals surface area contributed by atoms with Crippen LogP contribution in [-0.2, 0) is 4.74 Å². The summed E-state index contributed by atoms with van der Waals surface area (Å²) in [5, 5.41) is 3.11. The Morgan fingerprint density at radius 2 is 2.24 bits per heavy atom. The van der Waals surface area contributed by atoms with Gasteiger partial charge in [0, 0.05) is 19.8 Å². The van der Waals surface area contributed by atoms with Crippen molar-refractivity contribution in [2.45, 2.75) is 19.3 Å². The summed E-state index contributed by atoms with van der Waals surface area (Å²) in [6.07, 6.45) is 3.54. The van der Waals surface area contributed by atoms with E-state index in [1.165, 1.54) is 25.0 Å². The van der Waals surface area contributed by atoms with E-state index in [9.17, 15) is 4.39 Å². The number of hydrogen-bond donors (Lipinski definition) is 2. The van der Waals surface area contributed by atoms with E-state index in [1.807, 2.05) is 0 Å². The summed E-state index contributed by atoms with van der Waals surface area (Å²) in [6, 6.07) is 4.35. The van der Waals surface area contributed by atoms with Crippen LogP contribution < -0.4 is 11.1 Å². The highest BCUT2D eigenvalue weighted by Gasteiger charge is 2.20. The van der Waals surface area contributed by atoms with E-state index < -0.39 is 0 Å². The Morgan fingerprint density at radius 3 is 3.00 bits per heavy atom. The Morgan fingerprint density at radius 1 is 1.41 bits per heavy atom. The summed E-state index contributed by atoms with van der Waals surface area (Å²) in [5.74, 6) is 0.536. The Labute approximate surface area is 101 Å². The van der Waals surface area contributed by atoms with Crippen molar-refractivity contribution in [3.63, 3.8) is 0 Å². The third kappa shape index (κ3) is 4.23. The third-order valence-electron chi connectivity index (χ3n) is 2.85. The van der Waals surface area contributed by atoms with Gasteiger partial charge in [-0.25, -0.2) is 4.39 Å². The topological polar surface area (TPSA) is 47.3 Å². The first-order valence-corrected chi connectivity index (χ1v) is 6.12. The van der Waals surface area contributed by atoms with Gasteiger partial charge in [0.15, 0.2) is 0 Å². The van der Waals surface area contributed by atoms with Crippen LogP contribution >= 0.6 is 0 Å². The molecule has 0 amide bonds. The standard InChI is InChI=1S/C13H19FN2O/c14-11-4-5-12(15)13(8-11)16-6-1-7-17-9-10-2-3-10/h4-5,8,10,16H,1-3,6-7,9,15H2. The zero-order valence-corrected chi connectivity index (χ0v) is 9.92. The molecule has 0 aromatic heterocycles. The molecule has 2 rings (SSSR count). The molecule has 17 heavy (non-hydrogen) atoms. The molecule has 0 heterocycles. The first-order valence-electron chi connectivity index (χ1n) is 6.12. The maximum atomic E-state index is 13.0. The zero-order valence-electron chi connectivity index (χ0n) is 9.92. The van der Waals surface area contributed by atoms with Crippen molar-refractivity contribution in [2.75, 3.05) is 30.8 Å². The van der Waals surface area contributed by atoms with Gasteiger partial charge in [0.2, 0.25) is 0 Å². The number of halogens is 1. The molecule has 4 heteroatoms. The van der Waals surface area contributed by atoms with E-state index in [4.69, 9.17) is 10.5 Å². The summed E-state index contributed by atoms with van der Waals surface area (Å²) >= 11 is 0. The second-order valence-corrected chi connectivity index (χ2v) is 4.53. The van der Waals surface area contributed by atoms with Gasteiger partial charge in [-0.05, 0) is 43.4 Å². The highest BCUT2D eigenvalue weighted by molar-refractivity contribution is 5.65. The smallest absolute Gasteiger partial charge is 0.125 e. The van der Waals surface area contributed by atoms with Gasteiger partial charge in [0.1, 0.15) is 5.82 Å². The summed E-state index contributed by atoms with van der Waals surface area (Å²) < 4.78 is 18.5. The number of hydrogen-bond acceptors (Lipinski definition) is 3. The molecule has 0 bridgehead atoms. The lowest BCUT2D eigenvalue weighted by molar-refractivity contribution is 0.124. The molecule has 0 unspecified atom stereocenters. The van der Waals surface area contributed by atoms with Crippen molar-refractivity contribution in [3.8, 4) is 0 Å². The average Bonchev–Trinajstić information content (AvgIpc) is 3.11. The van der Waals surface area contributed by atoms with Crippen molar-refractivity contribution < 1.29 is 9.13 Å². The summed E-state index contributed by atoms with van der Waals surface area (Å²) in [4.78, 5) is 0. The van der Waals surface area contributed by atoms with Crippen LogP contribution in [-0.4, -0.2) is 19.8 Å². The molecule has 1 fully saturated rings. The summed E-state index contributed by atoms with van der Waals surface area (Å²) in [7, 11) is 0. The molecular formula is C13H19FN2O. The Bertz CT molecular complexity index is 366. The fourth-order valence-corrected chi connectivity index (χ4v) is 1.61. The van der Waals surface area contributed by atoms with Gasteiger partial charge in [0.05, 0.1) is 11.4 Å². The van der Waals surface area contributed by atoms with Crippen LogP contribution in [0.4, 0.5) is 15.8 Å². The minimum Gasteiger partial charge on any atom is -0.397 e. The lowest BCUT2D eigenvalue weighted by atomic mass is 10.2. The Hall–Kier alpha value is -1.29. The molecule has 1 aliphatic rings. The number of anilines is 2. The lowest BCUT2D eigenvalue weighted by Gasteiger charge is -2.09. The number of rotatable bonds is 7. The molecule has 1 aromatic carbocycles. The molecular weight excluding hydrogens is 219 g/mol. The van der Waals surface area contributed by atoms with E-state index >= 15 is 0 Å². The minimum absolute atomic E-state index is 0.272. The first-order chi connectivity index (χ1) is 8.25. The maximum absolute atomic E-state index is 13.0. The predicted octanol–water partition coefficient (Wildman–Crippen LogP) is 2.64. The lowest BCUT2D eigenvalue weighted by Crippen LogP contribution is -2.08. The van der Waals surface area contributed by atoms with Crippen molar-refractivity contribution in [2.24, 2.45) is 5.92 Å². The second-order valence-electron chi connectivity index (χ2n) is 4.53. The van der Waals surface area contributed by atoms with Crippen LogP contribution in [0.5, 0.6) is 0 Å². The second kappa shape index (κ2) is 5.87. The molecule has 1 saturated carbocycles. The van der Waals surface area contributed by atoms with Crippen molar-refractivity contribution in [1.29, 1.82) is 0 Å². The molecule has 0 aliphatic heterocycles. The van der Waals surface area contributed by atoms with E-state index in [0.717, 1.165) is 32.1 Å². The summed E-state index contributed by atoms with van der Waals surface area (Å²) in [6.45, 7) is 2.39. The third-order valence-corrected chi connectivity index (χ3v) is 2.85. The normalized spacial score (nSPS) is 14.9. The molecule has 0 saturated heterocycles. The average molecular weight is 238 g/mol. The largest absolute Gasteiger partial charge is 0.397 e. The number of nitrogens with one attached hydrogen (secondary N) is 1. The highest BCUT2D eigenvalue weighted by Crippen LogP contribution is 2.28. The van der Waals surface area contributed by atoms with E-state index in [0.29, 0.717) is 11.4 Å². The van der Waals surface area contributed by atoms with Gasteiger partial charge in [-0.1, -0.05) is 0 Å². The number of nitrogens with two attached hydrogens (primary N) is 1. The maximum Gasteiger partial charge on any atom is 0.125 e. The van der Waals surface area contributed by atoms with Gasteiger partial charge in [-0.2, -0.15) is 0 Å². The van der Waals surface area contributed by atoms with Gasteiger partial charge < -0.3 is 15.8 Å². The molecule has 0 atom stereocenters. The van der Waals surface area contributed by atoms with Crippen molar-refractivity contribution in [1.82, 2.24) is 0 Å². The molecule has 1 aliphatic carbocycles. The van der Waals surface area contributed by atoms with Crippen LogP contribution in [0, 0.1) is 11.7 Å². The Kier molecular flexibility index (Phi) is 4.20. The molecule has 3 nitrogen and oxygen atoms in total. The Balaban J connectivity index is 1.61. The van der Waals surface area contributed by atoms with Gasteiger partial charge in [-0.3, -0.25) is 0 Å². The fraction of sp³-hybridized carbons (Fsp3) is 0.538. The highest BCUT2D eigenvalue weighted by atomic mass is 19.1. The zero-order chi connectivity index (χ0) is 12.1. The van der Waals surface area contributed by atoms with Gasteiger partial charge in [-0.15, -0.1) is 0 Å². The van der Waals surface area contributed by atoms with Crippen LogP contribution in [0.25, 0.3) is 0 Å². The van der Waals surface area contributed by atoms with Gasteiger partial charge >= 0.3 is 0 Å². The van der Waals surface area contributed by atoms with Crippen LogP contribution in [0.15, 0.2) is 18.2 Å². The predicted molar refractivity (Wildman–Crippen MR) is 67.5 cm³/mol. The number of benzene rings is 1. The van der Waals surface area contributed by atoms with Crippen molar-refractivity contribution >= 4 is 11.4 Å². The number of nitrogen functional groups attached to an aromatic ring is 1. The molecule has 94 valence electrons. The summed E-state index contributed by atoms with van der Waals surface area (Å²) in [5.41, 5.74) is 6.95. The van der Waals surface area contributed by atoms with Crippen molar-refractivity contribution in [3.05, 3.63) is 24.0 Å². The van der Waals surface area contributed by atoms with E-state index in [1.54, 1.807) is 6.07 Å². The SMILES string of the molecule is Nc1ccc(F)cc1NCCCOCC1CC1. The van der Waals surface area contributed by atoms with Crippen LogP contribution in [0.3, 0.4) is 0 Å². The molecule has 1 aromatic rings. The van der Waals surface area contributed by atoms with Gasteiger partial charge in [0.25, 0.3) is 0 Å². The fourth-order valence-electron chi connectivity index (χ4n) is 1.61. The monoisotopic (exact) mass is 238 g/mol. The quantitative estimate of drug-likeness (QED) is 0.567.